The largest absolute Gasteiger partial charge is 0.399 e. The van der Waals surface area contributed by atoms with E-state index in [0.717, 1.165) is 0 Å². The smallest absolute Gasteiger partial charge is 0.253 e. The number of amides is 1. The van der Waals surface area contributed by atoms with Crippen LogP contribution in [0, 0.1) is 17.8 Å². The van der Waals surface area contributed by atoms with E-state index >= 15 is 0 Å². The summed E-state index contributed by atoms with van der Waals surface area (Å²) in [5, 5.41) is 2.96. The lowest BCUT2D eigenvalue weighted by molar-refractivity contribution is 0.0938. The van der Waals surface area contributed by atoms with E-state index in [9.17, 15) is 4.79 Å². The van der Waals surface area contributed by atoms with Crippen LogP contribution in [0.1, 0.15) is 38.1 Å². The molecule has 1 aromatic rings. The van der Waals surface area contributed by atoms with Crippen LogP contribution in [0.25, 0.3) is 0 Å². The van der Waals surface area contributed by atoms with Crippen molar-refractivity contribution in [2.75, 3.05) is 18.0 Å². The average Bonchev–Trinajstić information content (AvgIpc) is 2.27. The fourth-order valence-electron chi connectivity index (χ4n) is 2.33. The van der Waals surface area contributed by atoms with Gasteiger partial charge in [0.2, 0.25) is 0 Å². The third-order valence-electron chi connectivity index (χ3n) is 3.53. The molecule has 0 spiro atoms. The Hall–Kier alpha value is -1.71. The summed E-state index contributed by atoms with van der Waals surface area (Å²) in [5.41, 5.74) is 12.9. The van der Waals surface area contributed by atoms with Gasteiger partial charge in [0.25, 0.3) is 5.91 Å². The predicted molar refractivity (Wildman–Crippen MR) is 80.8 cm³/mol. The van der Waals surface area contributed by atoms with E-state index in [4.69, 9.17) is 11.5 Å². The van der Waals surface area contributed by atoms with E-state index < -0.39 is 0 Å². The molecule has 0 aliphatic rings. The Bertz CT molecular complexity index is 433. The molecule has 19 heavy (non-hydrogen) atoms. The van der Waals surface area contributed by atoms with Crippen molar-refractivity contribution in [2.45, 2.75) is 27.7 Å². The quantitative estimate of drug-likeness (QED) is 0.714. The van der Waals surface area contributed by atoms with E-state index in [-0.39, 0.29) is 5.91 Å². The molecule has 0 saturated carbocycles. The lowest BCUT2D eigenvalue weighted by atomic mass is 9.85. The highest BCUT2D eigenvalue weighted by Crippen LogP contribution is 2.20. The minimum atomic E-state index is -0.135. The van der Waals surface area contributed by atoms with E-state index in [1.165, 1.54) is 0 Å². The minimum Gasteiger partial charge on any atom is -0.399 e. The first-order valence-electron chi connectivity index (χ1n) is 6.76. The first-order valence-corrected chi connectivity index (χ1v) is 6.76. The molecule has 0 saturated heterocycles. The zero-order valence-corrected chi connectivity index (χ0v) is 12.2. The van der Waals surface area contributed by atoms with Crippen molar-refractivity contribution in [3.8, 4) is 0 Å². The monoisotopic (exact) mass is 263 g/mol. The van der Waals surface area contributed by atoms with Gasteiger partial charge in [-0.2, -0.15) is 0 Å². The van der Waals surface area contributed by atoms with Gasteiger partial charge in [-0.25, -0.2) is 0 Å². The number of hydrogen-bond donors (Lipinski definition) is 3. The van der Waals surface area contributed by atoms with Gasteiger partial charge >= 0.3 is 0 Å². The number of carbonyl (C=O) groups excluding carboxylic acids is 1. The summed E-state index contributed by atoms with van der Waals surface area (Å²) < 4.78 is 0. The molecule has 0 aliphatic heterocycles. The van der Waals surface area contributed by atoms with Crippen LogP contribution >= 0.6 is 0 Å². The van der Waals surface area contributed by atoms with Gasteiger partial charge in [-0.1, -0.05) is 27.7 Å². The van der Waals surface area contributed by atoms with Crippen molar-refractivity contribution >= 4 is 17.3 Å². The van der Waals surface area contributed by atoms with Crippen molar-refractivity contribution < 1.29 is 4.79 Å². The summed E-state index contributed by atoms with van der Waals surface area (Å²) in [6.07, 6.45) is 0. The molecule has 4 nitrogen and oxygen atoms in total. The Kier molecular flexibility index (Phi) is 5.21. The maximum Gasteiger partial charge on any atom is 0.253 e. The Labute approximate surface area is 115 Å². The summed E-state index contributed by atoms with van der Waals surface area (Å²) >= 11 is 0. The van der Waals surface area contributed by atoms with Crippen LogP contribution in [0.15, 0.2) is 18.2 Å². The Morgan fingerprint density at radius 2 is 1.74 bits per heavy atom. The Balaban J connectivity index is 2.69. The number of hydrogen-bond acceptors (Lipinski definition) is 3. The highest BCUT2D eigenvalue weighted by Gasteiger charge is 2.19. The van der Waals surface area contributed by atoms with Crippen LogP contribution in [0.5, 0.6) is 0 Å². The lowest BCUT2D eigenvalue weighted by Crippen LogP contribution is -2.34. The summed E-state index contributed by atoms with van der Waals surface area (Å²) in [6, 6.07) is 4.96. The fourth-order valence-corrected chi connectivity index (χ4v) is 2.33. The molecule has 0 aromatic heterocycles. The van der Waals surface area contributed by atoms with Crippen molar-refractivity contribution in [3.05, 3.63) is 23.8 Å². The summed E-state index contributed by atoms with van der Waals surface area (Å²) in [6.45, 7) is 9.36. The van der Waals surface area contributed by atoms with Gasteiger partial charge in [0.15, 0.2) is 0 Å². The van der Waals surface area contributed by atoms with Crippen molar-refractivity contribution in [1.82, 2.24) is 5.32 Å². The summed E-state index contributed by atoms with van der Waals surface area (Å²) in [4.78, 5) is 12.1. The van der Waals surface area contributed by atoms with Crippen LogP contribution in [-0.2, 0) is 0 Å². The average molecular weight is 263 g/mol. The van der Waals surface area contributed by atoms with Crippen LogP contribution in [0.4, 0.5) is 11.4 Å². The second kappa shape index (κ2) is 6.45. The van der Waals surface area contributed by atoms with Gasteiger partial charge in [-0.3, -0.25) is 4.79 Å². The maximum absolute atomic E-state index is 12.1. The lowest BCUT2D eigenvalue weighted by Gasteiger charge is -2.25. The maximum atomic E-state index is 12.1. The van der Waals surface area contributed by atoms with Crippen LogP contribution in [-0.4, -0.2) is 12.5 Å². The van der Waals surface area contributed by atoms with E-state index in [1.807, 2.05) is 0 Å². The summed E-state index contributed by atoms with van der Waals surface area (Å²) in [7, 11) is 0. The van der Waals surface area contributed by atoms with E-state index in [1.54, 1.807) is 18.2 Å². The first-order chi connectivity index (χ1) is 8.82. The number of nitrogen functional groups attached to an aromatic ring is 2. The molecular weight excluding hydrogens is 238 g/mol. The highest BCUT2D eigenvalue weighted by molar-refractivity contribution is 5.99. The number of nitrogens with two attached hydrogens (primary N) is 2. The zero-order chi connectivity index (χ0) is 14.6. The van der Waals surface area contributed by atoms with Gasteiger partial charge in [0, 0.05) is 17.9 Å². The first kappa shape index (κ1) is 15.3. The number of rotatable bonds is 5. The van der Waals surface area contributed by atoms with Gasteiger partial charge in [-0.15, -0.1) is 0 Å². The topological polar surface area (TPSA) is 81.1 Å². The van der Waals surface area contributed by atoms with Crippen LogP contribution < -0.4 is 16.8 Å². The fraction of sp³-hybridized carbons (Fsp3) is 0.533. The molecule has 5 N–H and O–H groups in total. The van der Waals surface area contributed by atoms with E-state index in [2.05, 4.69) is 33.0 Å². The molecule has 0 atom stereocenters. The third kappa shape index (κ3) is 4.16. The molecule has 0 heterocycles. The normalized spacial score (nSPS) is 11.3. The second-order valence-corrected chi connectivity index (χ2v) is 5.71. The molecule has 1 rings (SSSR count). The predicted octanol–water partition coefficient (Wildman–Crippen LogP) is 2.51. The molecule has 4 heteroatoms. The van der Waals surface area contributed by atoms with Crippen LogP contribution in [0.2, 0.25) is 0 Å². The number of benzene rings is 1. The molecule has 0 aliphatic carbocycles. The molecule has 0 fully saturated rings. The Morgan fingerprint density at radius 3 is 2.21 bits per heavy atom. The second-order valence-electron chi connectivity index (χ2n) is 5.71. The number of nitrogens with one attached hydrogen (secondary N) is 1. The van der Waals surface area contributed by atoms with Gasteiger partial charge in [0.05, 0.1) is 5.56 Å². The molecule has 0 bridgehead atoms. The molecule has 106 valence electrons. The number of anilines is 2. The van der Waals surface area contributed by atoms with Gasteiger partial charge < -0.3 is 16.8 Å². The molecular formula is C15H25N3O. The summed E-state index contributed by atoms with van der Waals surface area (Å²) in [5.74, 6) is 1.39. The molecule has 1 amide bonds. The molecule has 1 aromatic carbocycles. The van der Waals surface area contributed by atoms with Crippen LogP contribution in [0.3, 0.4) is 0 Å². The SMILES string of the molecule is CC(C)C(CNC(=O)c1ccc(N)cc1N)C(C)C. The van der Waals surface area contributed by atoms with Crippen molar-refractivity contribution in [1.29, 1.82) is 0 Å². The standard InChI is InChI=1S/C15H25N3O/c1-9(2)13(10(3)4)8-18-15(19)12-6-5-11(16)7-14(12)17/h5-7,9-10,13H,8,16-17H2,1-4H3,(H,18,19). The highest BCUT2D eigenvalue weighted by atomic mass is 16.1. The Morgan fingerprint density at radius 1 is 1.16 bits per heavy atom. The van der Waals surface area contributed by atoms with Crippen molar-refractivity contribution in [3.63, 3.8) is 0 Å². The minimum absolute atomic E-state index is 0.135. The molecule has 0 unspecified atom stereocenters. The molecule has 0 radical (unpaired) electrons. The van der Waals surface area contributed by atoms with Crippen molar-refractivity contribution in [2.24, 2.45) is 17.8 Å². The third-order valence-corrected chi connectivity index (χ3v) is 3.53. The van der Waals surface area contributed by atoms with Gasteiger partial charge in [0.1, 0.15) is 0 Å². The van der Waals surface area contributed by atoms with Gasteiger partial charge in [-0.05, 0) is 36.0 Å². The zero-order valence-electron chi connectivity index (χ0n) is 12.2. The number of carbonyl (C=O) groups is 1. The van der Waals surface area contributed by atoms with E-state index in [0.29, 0.717) is 41.2 Å².